The van der Waals surface area contributed by atoms with Crippen LogP contribution < -0.4 is 4.74 Å². The summed E-state index contributed by atoms with van der Waals surface area (Å²) in [4.78, 5) is 16.9. The van der Waals surface area contributed by atoms with Crippen molar-refractivity contribution in [1.29, 1.82) is 5.26 Å². The van der Waals surface area contributed by atoms with Crippen LogP contribution in [-0.4, -0.2) is 50.2 Å². The van der Waals surface area contributed by atoms with Gasteiger partial charge in [-0.05, 0) is 62.7 Å². The fourth-order valence-corrected chi connectivity index (χ4v) is 5.76. The number of pyridine rings is 2. The number of benzene rings is 1. The molecule has 4 aromatic heterocycles. The number of nitrogens with zero attached hydrogens (tertiary/aromatic N) is 6. The Balaban J connectivity index is 0.995. The maximum atomic E-state index is 9.34. The highest BCUT2D eigenvalue weighted by atomic mass is 16.5. The van der Waals surface area contributed by atoms with E-state index in [1.54, 1.807) is 12.3 Å². The molecule has 6 heterocycles. The number of rotatable bonds is 8. The van der Waals surface area contributed by atoms with E-state index in [2.05, 4.69) is 26.6 Å². The van der Waals surface area contributed by atoms with Crippen LogP contribution in [0, 0.1) is 11.3 Å². The van der Waals surface area contributed by atoms with Crippen LogP contribution in [0.5, 0.6) is 5.88 Å². The molecular formula is C31H30N6O3. The Morgan fingerprint density at radius 2 is 1.93 bits per heavy atom. The molecule has 0 N–H and O–H groups in total. The van der Waals surface area contributed by atoms with Crippen molar-refractivity contribution in [3.8, 4) is 11.9 Å². The maximum Gasteiger partial charge on any atom is 0.213 e. The quantitative estimate of drug-likeness (QED) is 0.268. The zero-order chi connectivity index (χ0) is 26.9. The van der Waals surface area contributed by atoms with Crippen LogP contribution in [0.1, 0.15) is 47.8 Å². The van der Waals surface area contributed by atoms with Gasteiger partial charge in [-0.2, -0.15) is 5.26 Å². The van der Waals surface area contributed by atoms with Gasteiger partial charge in [-0.1, -0.05) is 12.1 Å². The summed E-state index contributed by atoms with van der Waals surface area (Å²) in [5.74, 6) is 2.04. The van der Waals surface area contributed by atoms with Gasteiger partial charge in [-0.3, -0.25) is 4.90 Å². The van der Waals surface area contributed by atoms with Crippen molar-refractivity contribution in [2.75, 3.05) is 19.7 Å². The molecule has 9 heteroatoms. The van der Waals surface area contributed by atoms with Gasteiger partial charge in [0.1, 0.15) is 23.5 Å². The highest BCUT2D eigenvalue weighted by molar-refractivity contribution is 5.86. The predicted octanol–water partition coefficient (Wildman–Crippen LogP) is 5.19. The number of aromatic nitrogens is 4. The number of hydrogen-bond acceptors (Lipinski definition) is 8. The van der Waals surface area contributed by atoms with E-state index in [4.69, 9.17) is 23.9 Å². The molecule has 5 aromatic rings. The fourth-order valence-electron chi connectivity index (χ4n) is 5.76. The number of fused-ring (bicyclic) bond motifs is 2. The first-order chi connectivity index (χ1) is 19.7. The summed E-state index contributed by atoms with van der Waals surface area (Å²) in [6, 6.07) is 17.7. The van der Waals surface area contributed by atoms with E-state index < -0.39 is 0 Å². The Hall–Kier alpha value is -4.26. The lowest BCUT2D eigenvalue weighted by Crippen LogP contribution is -2.35. The molecule has 1 atom stereocenters. The SMILES string of the molecule is N#Cc1ccc(COc2cccc(C3CCN(Cc4nc5cccnc5n4C[C@@H]4CCO4)CC3)n2)c2occc12. The van der Waals surface area contributed by atoms with Crippen molar-refractivity contribution < 1.29 is 13.9 Å². The standard InChI is InChI=1S/C31H30N6O3/c32-17-22-6-7-23(30-25(22)11-16-39-30)20-40-29-5-1-3-26(35-29)21-8-13-36(14-9-21)19-28-34-27-4-2-12-33-31(27)37(28)18-24-10-15-38-24/h1-7,11-12,16,21,24H,8-10,13-15,18-20H2/t24-/m0/s1. The van der Waals surface area contributed by atoms with E-state index >= 15 is 0 Å². The first-order valence-corrected chi connectivity index (χ1v) is 13.9. The van der Waals surface area contributed by atoms with Crippen LogP contribution in [0.15, 0.2) is 65.4 Å². The molecule has 7 rings (SSSR count). The first kappa shape index (κ1) is 24.8. The Morgan fingerprint density at radius 3 is 2.75 bits per heavy atom. The molecule has 2 saturated heterocycles. The zero-order valence-electron chi connectivity index (χ0n) is 22.2. The van der Waals surface area contributed by atoms with Crippen LogP contribution in [0.2, 0.25) is 0 Å². The molecular weight excluding hydrogens is 504 g/mol. The summed E-state index contributed by atoms with van der Waals surface area (Å²) in [6.45, 7) is 4.75. The molecule has 2 aliphatic rings. The lowest BCUT2D eigenvalue weighted by atomic mass is 9.93. The normalized spacial score (nSPS) is 18.1. The Morgan fingerprint density at radius 1 is 1.02 bits per heavy atom. The topological polar surface area (TPSA) is 102 Å². The third-order valence-electron chi connectivity index (χ3n) is 8.07. The van der Waals surface area contributed by atoms with E-state index in [0.717, 1.165) is 85.7 Å². The van der Waals surface area contributed by atoms with Crippen molar-refractivity contribution in [2.24, 2.45) is 0 Å². The Bertz CT molecular complexity index is 1690. The molecule has 0 saturated carbocycles. The third-order valence-corrected chi connectivity index (χ3v) is 8.07. The Labute approximate surface area is 232 Å². The van der Waals surface area contributed by atoms with Gasteiger partial charge in [-0.15, -0.1) is 0 Å². The first-order valence-electron chi connectivity index (χ1n) is 13.9. The van der Waals surface area contributed by atoms with E-state index in [0.29, 0.717) is 29.6 Å². The van der Waals surface area contributed by atoms with Crippen LogP contribution in [0.4, 0.5) is 0 Å². The van der Waals surface area contributed by atoms with Gasteiger partial charge in [0.15, 0.2) is 5.65 Å². The largest absolute Gasteiger partial charge is 0.473 e. The average molecular weight is 535 g/mol. The van der Waals surface area contributed by atoms with Gasteiger partial charge in [0, 0.05) is 41.4 Å². The van der Waals surface area contributed by atoms with Crippen molar-refractivity contribution in [3.63, 3.8) is 0 Å². The number of ether oxygens (including phenoxy) is 2. The molecule has 9 nitrogen and oxygen atoms in total. The van der Waals surface area contributed by atoms with Crippen molar-refractivity contribution in [1.82, 2.24) is 24.4 Å². The van der Waals surface area contributed by atoms with Gasteiger partial charge in [-0.25, -0.2) is 15.0 Å². The van der Waals surface area contributed by atoms with E-state index in [9.17, 15) is 5.26 Å². The van der Waals surface area contributed by atoms with Crippen molar-refractivity contribution >= 4 is 22.1 Å². The van der Waals surface area contributed by atoms with Crippen molar-refractivity contribution in [3.05, 3.63) is 83.6 Å². The summed E-state index contributed by atoms with van der Waals surface area (Å²) in [5, 5.41) is 10.1. The lowest BCUT2D eigenvalue weighted by molar-refractivity contribution is -0.0593. The molecule has 0 bridgehead atoms. The molecule has 1 aromatic carbocycles. The highest BCUT2D eigenvalue weighted by Gasteiger charge is 2.26. The van der Waals surface area contributed by atoms with Crippen LogP contribution >= 0.6 is 0 Å². The lowest BCUT2D eigenvalue weighted by Gasteiger charge is -2.32. The van der Waals surface area contributed by atoms with Gasteiger partial charge in [0.2, 0.25) is 5.88 Å². The van der Waals surface area contributed by atoms with Gasteiger partial charge < -0.3 is 18.5 Å². The summed E-state index contributed by atoms with van der Waals surface area (Å²) in [6.07, 6.45) is 6.85. The molecule has 0 spiro atoms. The number of nitriles is 1. The molecule has 202 valence electrons. The van der Waals surface area contributed by atoms with E-state index in [1.165, 1.54) is 0 Å². The van der Waals surface area contributed by atoms with E-state index in [-0.39, 0.29) is 6.10 Å². The average Bonchev–Trinajstić information content (AvgIpc) is 3.59. The highest BCUT2D eigenvalue weighted by Crippen LogP contribution is 2.30. The van der Waals surface area contributed by atoms with Crippen LogP contribution in [0.25, 0.3) is 22.1 Å². The van der Waals surface area contributed by atoms with Gasteiger partial charge in [0.25, 0.3) is 0 Å². The zero-order valence-corrected chi connectivity index (χ0v) is 22.2. The number of likely N-dealkylation sites (tertiary alicyclic amines) is 1. The second kappa shape index (κ2) is 10.7. The number of hydrogen-bond donors (Lipinski definition) is 0. The minimum absolute atomic E-state index is 0.256. The summed E-state index contributed by atoms with van der Waals surface area (Å²) in [7, 11) is 0. The summed E-state index contributed by atoms with van der Waals surface area (Å²) >= 11 is 0. The molecule has 2 fully saturated rings. The monoisotopic (exact) mass is 534 g/mol. The maximum absolute atomic E-state index is 9.34. The molecule has 0 amide bonds. The predicted molar refractivity (Wildman–Crippen MR) is 149 cm³/mol. The minimum atomic E-state index is 0.256. The smallest absolute Gasteiger partial charge is 0.213 e. The van der Waals surface area contributed by atoms with Gasteiger partial charge in [0.05, 0.1) is 37.1 Å². The molecule has 0 unspecified atom stereocenters. The second-order valence-corrected chi connectivity index (χ2v) is 10.6. The fraction of sp³-hybridized carbons (Fsp3) is 0.355. The molecule has 0 radical (unpaired) electrons. The number of imidazole rings is 1. The number of furan rings is 1. The minimum Gasteiger partial charge on any atom is -0.473 e. The molecule has 40 heavy (non-hydrogen) atoms. The number of piperidine rings is 1. The Kier molecular flexibility index (Phi) is 6.63. The second-order valence-electron chi connectivity index (χ2n) is 10.6. The molecule has 0 aliphatic carbocycles. The van der Waals surface area contributed by atoms with Crippen LogP contribution in [-0.2, 0) is 24.4 Å². The van der Waals surface area contributed by atoms with Crippen molar-refractivity contribution in [2.45, 2.75) is 51.0 Å². The van der Waals surface area contributed by atoms with Gasteiger partial charge >= 0.3 is 0 Å². The van der Waals surface area contributed by atoms with Crippen LogP contribution in [0.3, 0.4) is 0 Å². The molecule has 2 aliphatic heterocycles. The summed E-state index contributed by atoms with van der Waals surface area (Å²) < 4.78 is 19.7. The van der Waals surface area contributed by atoms with E-state index in [1.807, 2.05) is 42.6 Å². The summed E-state index contributed by atoms with van der Waals surface area (Å²) in [5.41, 5.74) is 5.13. The third kappa shape index (κ3) is 4.81.